The molecule has 22 heavy (non-hydrogen) atoms. The molecule has 0 spiro atoms. The van der Waals surface area contributed by atoms with Crippen LogP contribution in [0.15, 0.2) is 24.3 Å². The molecule has 1 heterocycles. The van der Waals surface area contributed by atoms with Crippen molar-refractivity contribution in [1.82, 2.24) is 10.2 Å². The third-order valence-corrected chi connectivity index (χ3v) is 3.74. The first-order valence-corrected chi connectivity index (χ1v) is 8.07. The number of amides is 1. The smallest absolute Gasteiger partial charge is 0.223 e. The van der Waals surface area contributed by atoms with Crippen LogP contribution in [-0.2, 0) is 9.53 Å². The molecule has 0 saturated carbocycles. The fourth-order valence-electron chi connectivity index (χ4n) is 2.24. The number of nitrogens with one attached hydrogen (secondary N) is 1. The van der Waals surface area contributed by atoms with Crippen LogP contribution in [-0.4, -0.2) is 56.8 Å². The molecule has 1 aliphatic rings. The van der Waals surface area contributed by atoms with E-state index in [-0.39, 0.29) is 5.91 Å². The number of hydrogen-bond acceptors (Lipinski definition) is 4. The van der Waals surface area contributed by atoms with E-state index in [1.54, 1.807) is 24.3 Å². The van der Waals surface area contributed by atoms with Gasteiger partial charge in [0, 0.05) is 24.7 Å². The quantitative estimate of drug-likeness (QED) is 0.742. The van der Waals surface area contributed by atoms with Crippen LogP contribution in [0.2, 0.25) is 5.02 Å². The minimum Gasteiger partial charge on any atom is -0.493 e. The van der Waals surface area contributed by atoms with Gasteiger partial charge in [-0.1, -0.05) is 11.6 Å². The predicted octanol–water partition coefficient (Wildman–Crippen LogP) is 1.95. The summed E-state index contributed by atoms with van der Waals surface area (Å²) < 4.78 is 10.8. The average Bonchev–Trinajstić information content (AvgIpc) is 2.54. The van der Waals surface area contributed by atoms with Crippen molar-refractivity contribution in [2.75, 3.05) is 46.0 Å². The minimum absolute atomic E-state index is 0.0240. The van der Waals surface area contributed by atoms with Crippen molar-refractivity contribution in [3.05, 3.63) is 29.3 Å². The minimum atomic E-state index is 0.0240. The molecular formula is C16H23ClN2O3. The van der Waals surface area contributed by atoms with E-state index in [0.29, 0.717) is 24.6 Å². The fourth-order valence-corrected chi connectivity index (χ4v) is 2.36. The molecule has 2 rings (SSSR count). The van der Waals surface area contributed by atoms with E-state index >= 15 is 0 Å². The summed E-state index contributed by atoms with van der Waals surface area (Å²) in [5.41, 5.74) is 0. The number of rotatable bonds is 8. The molecule has 5 nitrogen and oxygen atoms in total. The van der Waals surface area contributed by atoms with Crippen molar-refractivity contribution >= 4 is 17.5 Å². The Hall–Kier alpha value is -1.30. The highest BCUT2D eigenvalue weighted by molar-refractivity contribution is 6.30. The van der Waals surface area contributed by atoms with Crippen LogP contribution < -0.4 is 10.1 Å². The van der Waals surface area contributed by atoms with Crippen LogP contribution in [0.4, 0.5) is 0 Å². The number of carbonyl (C=O) groups is 1. The Bertz CT molecular complexity index is 447. The van der Waals surface area contributed by atoms with Gasteiger partial charge in [-0.05, 0) is 37.2 Å². The lowest BCUT2D eigenvalue weighted by Gasteiger charge is -2.26. The van der Waals surface area contributed by atoms with E-state index in [9.17, 15) is 4.79 Å². The molecule has 122 valence electrons. The van der Waals surface area contributed by atoms with Gasteiger partial charge in [0.05, 0.1) is 26.2 Å². The van der Waals surface area contributed by atoms with E-state index in [1.807, 2.05) is 0 Å². The molecule has 6 heteroatoms. The maximum Gasteiger partial charge on any atom is 0.223 e. The SMILES string of the molecule is O=C(CCOc1ccc(Cl)cc1)NCCCN1CCOCC1. The maximum atomic E-state index is 11.7. The van der Waals surface area contributed by atoms with Gasteiger partial charge in [-0.25, -0.2) is 0 Å². The van der Waals surface area contributed by atoms with Crippen molar-refractivity contribution in [2.24, 2.45) is 0 Å². The number of nitrogens with zero attached hydrogens (tertiary/aromatic N) is 1. The normalized spacial score (nSPS) is 15.5. The van der Waals surface area contributed by atoms with Gasteiger partial charge < -0.3 is 14.8 Å². The second-order valence-electron chi connectivity index (χ2n) is 5.21. The number of hydrogen-bond donors (Lipinski definition) is 1. The highest BCUT2D eigenvalue weighted by atomic mass is 35.5. The van der Waals surface area contributed by atoms with E-state index in [0.717, 1.165) is 45.0 Å². The van der Waals surface area contributed by atoms with Crippen LogP contribution in [0, 0.1) is 0 Å². The van der Waals surface area contributed by atoms with Gasteiger partial charge in [0.2, 0.25) is 5.91 Å². The largest absolute Gasteiger partial charge is 0.493 e. The highest BCUT2D eigenvalue weighted by Gasteiger charge is 2.09. The first-order chi connectivity index (χ1) is 10.7. The van der Waals surface area contributed by atoms with Crippen molar-refractivity contribution in [2.45, 2.75) is 12.8 Å². The number of benzene rings is 1. The third kappa shape index (κ3) is 6.64. The Balaban J connectivity index is 1.49. The van der Waals surface area contributed by atoms with Gasteiger partial charge in [0.1, 0.15) is 5.75 Å². The van der Waals surface area contributed by atoms with Gasteiger partial charge >= 0.3 is 0 Å². The van der Waals surface area contributed by atoms with Gasteiger partial charge in [0.25, 0.3) is 0 Å². The summed E-state index contributed by atoms with van der Waals surface area (Å²) >= 11 is 5.79. The first-order valence-electron chi connectivity index (χ1n) is 7.69. The summed E-state index contributed by atoms with van der Waals surface area (Å²) in [5, 5.41) is 3.59. The summed E-state index contributed by atoms with van der Waals surface area (Å²) in [5.74, 6) is 0.750. The molecule has 1 saturated heterocycles. The summed E-state index contributed by atoms with van der Waals surface area (Å²) in [7, 11) is 0. The molecule has 1 aliphatic heterocycles. The lowest BCUT2D eigenvalue weighted by molar-refractivity contribution is -0.121. The molecule has 1 aromatic carbocycles. The van der Waals surface area contributed by atoms with Crippen molar-refractivity contribution in [1.29, 1.82) is 0 Å². The van der Waals surface area contributed by atoms with E-state index < -0.39 is 0 Å². The standard InChI is InChI=1S/C16H23ClN2O3/c17-14-2-4-15(5-3-14)22-11-6-16(20)18-7-1-8-19-9-12-21-13-10-19/h2-5H,1,6-13H2,(H,18,20). The molecule has 1 aromatic rings. The molecule has 1 fully saturated rings. The average molecular weight is 327 g/mol. The third-order valence-electron chi connectivity index (χ3n) is 3.49. The molecule has 1 amide bonds. The topological polar surface area (TPSA) is 50.8 Å². The van der Waals surface area contributed by atoms with Crippen LogP contribution in [0.3, 0.4) is 0 Å². The van der Waals surface area contributed by atoms with Crippen molar-refractivity contribution in [3.63, 3.8) is 0 Å². The zero-order valence-corrected chi connectivity index (χ0v) is 13.5. The first kappa shape index (κ1) is 17.1. The number of carbonyl (C=O) groups excluding carboxylic acids is 1. The zero-order chi connectivity index (χ0) is 15.6. The van der Waals surface area contributed by atoms with Crippen molar-refractivity contribution < 1.29 is 14.3 Å². The highest BCUT2D eigenvalue weighted by Crippen LogP contribution is 2.15. The summed E-state index contributed by atoms with van der Waals surface area (Å²) in [6.07, 6.45) is 1.32. The molecule has 1 N–H and O–H groups in total. The Labute approximate surface area is 136 Å². The van der Waals surface area contributed by atoms with E-state index in [1.165, 1.54) is 0 Å². The molecule has 0 aliphatic carbocycles. The molecule has 0 bridgehead atoms. The van der Waals surface area contributed by atoms with Gasteiger partial charge in [-0.2, -0.15) is 0 Å². The molecule has 0 aromatic heterocycles. The lowest BCUT2D eigenvalue weighted by atomic mass is 10.3. The van der Waals surface area contributed by atoms with Gasteiger partial charge in [-0.3, -0.25) is 9.69 Å². The summed E-state index contributed by atoms with van der Waals surface area (Å²) in [4.78, 5) is 14.1. The Kier molecular flexibility index (Phi) is 7.49. The number of halogens is 1. The van der Waals surface area contributed by atoms with Gasteiger partial charge in [0.15, 0.2) is 0 Å². The number of morpholine rings is 1. The van der Waals surface area contributed by atoms with Crippen LogP contribution in [0.1, 0.15) is 12.8 Å². The Morgan fingerprint density at radius 3 is 2.73 bits per heavy atom. The van der Waals surface area contributed by atoms with Gasteiger partial charge in [-0.15, -0.1) is 0 Å². The van der Waals surface area contributed by atoms with E-state index in [4.69, 9.17) is 21.1 Å². The maximum absolute atomic E-state index is 11.7. The van der Waals surface area contributed by atoms with Crippen molar-refractivity contribution in [3.8, 4) is 5.75 Å². The molecule has 0 radical (unpaired) electrons. The summed E-state index contributed by atoms with van der Waals surface area (Å²) in [6.45, 7) is 5.69. The molecule has 0 unspecified atom stereocenters. The van der Waals surface area contributed by atoms with Crippen LogP contribution in [0.25, 0.3) is 0 Å². The second kappa shape index (κ2) is 9.66. The zero-order valence-electron chi connectivity index (χ0n) is 12.7. The summed E-state index contributed by atoms with van der Waals surface area (Å²) in [6, 6.07) is 7.12. The predicted molar refractivity (Wildman–Crippen MR) is 86.4 cm³/mol. The van der Waals surface area contributed by atoms with Crippen LogP contribution in [0.5, 0.6) is 5.75 Å². The van der Waals surface area contributed by atoms with Crippen LogP contribution >= 0.6 is 11.6 Å². The molecule has 0 atom stereocenters. The second-order valence-corrected chi connectivity index (χ2v) is 5.65. The fraction of sp³-hybridized carbons (Fsp3) is 0.562. The Morgan fingerprint density at radius 2 is 2.00 bits per heavy atom. The Morgan fingerprint density at radius 1 is 1.27 bits per heavy atom. The molecular weight excluding hydrogens is 304 g/mol. The number of ether oxygens (including phenoxy) is 2. The van der Waals surface area contributed by atoms with E-state index in [2.05, 4.69) is 10.2 Å². The lowest BCUT2D eigenvalue weighted by Crippen LogP contribution is -2.38. The monoisotopic (exact) mass is 326 g/mol.